The van der Waals surface area contributed by atoms with Gasteiger partial charge in [0.25, 0.3) is 0 Å². The summed E-state index contributed by atoms with van der Waals surface area (Å²) in [6.45, 7) is 6.39. The second-order valence-corrected chi connectivity index (χ2v) is 8.03. The standard InChI is InChI=1S/C23H29NO3/c1-5-6-7-15-8-10-16(11-9-15)18-12-17-14-23(2,3)21(27-22(24)25)19(17)13-20(18)26-4/h8-13,21H,5-7,14H2,1-4H3,(H2,24,25). The van der Waals surface area contributed by atoms with Gasteiger partial charge in [-0.1, -0.05) is 51.5 Å². The molecule has 1 unspecified atom stereocenters. The monoisotopic (exact) mass is 367 g/mol. The van der Waals surface area contributed by atoms with Crippen LogP contribution in [0.15, 0.2) is 36.4 Å². The van der Waals surface area contributed by atoms with E-state index in [0.29, 0.717) is 0 Å². The summed E-state index contributed by atoms with van der Waals surface area (Å²) in [7, 11) is 1.67. The molecule has 27 heavy (non-hydrogen) atoms. The molecule has 0 radical (unpaired) electrons. The van der Waals surface area contributed by atoms with Gasteiger partial charge in [0, 0.05) is 11.0 Å². The Labute approximate surface area is 161 Å². The normalized spacial score (nSPS) is 17.4. The van der Waals surface area contributed by atoms with Crippen molar-refractivity contribution in [3.63, 3.8) is 0 Å². The van der Waals surface area contributed by atoms with Gasteiger partial charge in [-0.3, -0.25) is 0 Å². The number of unbranched alkanes of at least 4 members (excludes halogenated alkanes) is 1. The largest absolute Gasteiger partial charge is 0.496 e. The molecule has 0 aliphatic heterocycles. The van der Waals surface area contributed by atoms with Crippen LogP contribution in [0.5, 0.6) is 5.75 Å². The zero-order chi connectivity index (χ0) is 19.6. The van der Waals surface area contributed by atoms with Gasteiger partial charge < -0.3 is 15.2 Å². The van der Waals surface area contributed by atoms with Crippen LogP contribution in [0.2, 0.25) is 0 Å². The number of methoxy groups -OCH3 is 1. The molecule has 0 fully saturated rings. The molecule has 0 aromatic heterocycles. The zero-order valence-corrected chi connectivity index (χ0v) is 16.7. The topological polar surface area (TPSA) is 61.6 Å². The third kappa shape index (κ3) is 3.95. The minimum Gasteiger partial charge on any atom is -0.496 e. The first-order valence-electron chi connectivity index (χ1n) is 9.62. The van der Waals surface area contributed by atoms with Crippen LogP contribution in [0.4, 0.5) is 4.79 Å². The molecule has 1 aliphatic rings. The molecule has 1 aliphatic carbocycles. The highest BCUT2D eigenvalue weighted by Gasteiger charge is 2.42. The fourth-order valence-corrected chi connectivity index (χ4v) is 4.01. The van der Waals surface area contributed by atoms with Crippen molar-refractivity contribution in [3.05, 3.63) is 53.1 Å². The fourth-order valence-electron chi connectivity index (χ4n) is 4.01. The molecule has 0 heterocycles. The predicted molar refractivity (Wildman–Crippen MR) is 108 cm³/mol. The van der Waals surface area contributed by atoms with Crippen LogP contribution < -0.4 is 10.5 Å². The highest BCUT2D eigenvalue weighted by Crippen LogP contribution is 2.50. The Morgan fingerprint density at radius 1 is 1.22 bits per heavy atom. The Hall–Kier alpha value is -2.49. The van der Waals surface area contributed by atoms with Crippen molar-refractivity contribution >= 4 is 6.09 Å². The number of fused-ring (bicyclic) bond motifs is 1. The molecule has 144 valence electrons. The van der Waals surface area contributed by atoms with Crippen molar-refractivity contribution in [2.24, 2.45) is 11.1 Å². The van der Waals surface area contributed by atoms with Crippen LogP contribution in [-0.2, 0) is 17.6 Å². The molecule has 0 saturated heterocycles. The number of primary amides is 1. The van der Waals surface area contributed by atoms with E-state index in [1.165, 1.54) is 24.0 Å². The van der Waals surface area contributed by atoms with E-state index in [2.05, 4.69) is 51.1 Å². The molecule has 2 aromatic rings. The second kappa shape index (κ2) is 7.63. The number of benzene rings is 2. The molecule has 0 saturated carbocycles. The summed E-state index contributed by atoms with van der Waals surface area (Å²) in [6.07, 6.45) is 3.24. The number of carbonyl (C=O) groups excluding carboxylic acids is 1. The average Bonchev–Trinajstić information content (AvgIpc) is 2.88. The van der Waals surface area contributed by atoms with E-state index >= 15 is 0 Å². The third-order valence-electron chi connectivity index (χ3n) is 5.42. The van der Waals surface area contributed by atoms with Gasteiger partial charge in [-0.05, 0) is 53.6 Å². The first kappa shape index (κ1) is 19.3. The first-order valence-corrected chi connectivity index (χ1v) is 9.62. The molecular weight excluding hydrogens is 338 g/mol. The molecule has 2 aromatic carbocycles. The summed E-state index contributed by atoms with van der Waals surface area (Å²) in [5.74, 6) is 0.783. The van der Waals surface area contributed by atoms with Crippen LogP contribution in [0.1, 0.15) is 56.4 Å². The molecule has 1 atom stereocenters. The van der Waals surface area contributed by atoms with Crippen LogP contribution >= 0.6 is 0 Å². The minimum absolute atomic E-state index is 0.203. The van der Waals surface area contributed by atoms with Crippen molar-refractivity contribution in [1.29, 1.82) is 0 Å². The SMILES string of the molecule is CCCCc1ccc(-c2cc3c(cc2OC)C(OC(N)=O)C(C)(C)C3)cc1. The zero-order valence-electron chi connectivity index (χ0n) is 16.7. The Kier molecular flexibility index (Phi) is 5.45. The van der Waals surface area contributed by atoms with E-state index in [1.54, 1.807) is 7.11 Å². The summed E-state index contributed by atoms with van der Waals surface area (Å²) < 4.78 is 11.1. The molecule has 0 bridgehead atoms. The highest BCUT2D eigenvalue weighted by molar-refractivity contribution is 5.73. The molecule has 4 heteroatoms. The smallest absolute Gasteiger partial charge is 0.405 e. The third-order valence-corrected chi connectivity index (χ3v) is 5.42. The van der Waals surface area contributed by atoms with E-state index in [0.717, 1.165) is 35.3 Å². The number of nitrogens with two attached hydrogens (primary N) is 1. The maximum atomic E-state index is 11.4. The van der Waals surface area contributed by atoms with Gasteiger partial charge in [0.15, 0.2) is 0 Å². The van der Waals surface area contributed by atoms with Crippen molar-refractivity contribution in [2.45, 2.75) is 52.6 Å². The van der Waals surface area contributed by atoms with Gasteiger partial charge >= 0.3 is 6.09 Å². The van der Waals surface area contributed by atoms with Gasteiger partial charge in [0.2, 0.25) is 0 Å². The number of amides is 1. The van der Waals surface area contributed by atoms with E-state index < -0.39 is 6.09 Å². The minimum atomic E-state index is -0.744. The first-order chi connectivity index (χ1) is 12.9. The average molecular weight is 367 g/mol. The number of carbonyl (C=O) groups is 1. The number of aryl methyl sites for hydroxylation is 1. The van der Waals surface area contributed by atoms with Crippen molar-refractivity contribution in [1.82, 2.24) is 0 Å². The van der Waals surface area contributed by atoms with Gasteiger partial charge in [-0.25, -0.2) is 4.79 Å². The number of hydrogen-bond acceptors (Lipinski definition) is 3. The molecule has 0 spiro atoms. The second-order valence-electron chi connectivity index (χ2n) is 8.03. The quantitative estimate of drug-likeness (QED) is 0.741. The molecule has 2 N–H and O–H groups in total. The Bertz CT molecular complexity index is 824. The van der Waals surface area contributed by atoms with Gasteiger partial charge in [-0.15, -0.1) is 0 Å². The summed E-state index contributed by atoms with van der Waals surface area (Å²) in [5, 5.41) is 0. The predicted octanol–water partition coefficient (Wildman–Crippen LogP) is 5.42. The van der Waals surface area contributed by atoms with Crippen molar-refractivity contribution in [3.8, 4) is 16.9 Å². The van der Waals surface area contributed by atoms with Gasteiger partial charge in [-0.2, -0.15) is 0 Å². The Balaban J connectivity index is 1.98. The van der Waals surface area contributed by atoms with Gasteiger partial charge in [0.1, 0.15) is 11.9 Å². The van der Waals surface area contributed by atoms with Gasteiger partial charge in [0.05, 0.1) is 7.11 Å². The lowest BCUT2D eigenvalue weighted by Gasteiger charge is -2.26. The Morgan fingerprint density at radius 3 is 2.52 bits per heavy atom. The molecule has 3 rings (SSSR count). The number of rotatable bonds is 6. The van der Waals surface area contributed by atoms with Crippen molar-refractivity contribution in [2.75, 3.05) is 7.11 Å². The lowest BCUT2D eigenvalue weighted by molar-refractivity contribution is 0.0391. The van der Waals surface area contributed by atoms with Crippen LogP contribution in [0.3, 0.4) is 0 Å². The van der Waals surface area contributed by atoms with E-state index in [9.17, 15) is 4.79 Å². The number of ether oxygens (including phenoxy) is 2. The van der Waals surface area contributed by atoms with Crippen molar-refractivity contribution < 1.29 is 14.3 Å². The molecule has 4 nitrogen and oxygen atoms in total. The summed E-state index contributed by atoms with van der Waals surface area (Å²) in [4.78, 5) is 11.4. The summed E-state index contributed by atoms with van der Waals surface area (Å²) >= 11 is 0. The van der Waals surface area contributed by atoms with Crippen LogP contribution in [-0.4, -0.2) is 13.2 Å². The maximum Gasteiger partial charge on any atom is 0.405 e. The lowest BCUT2D eigenvalue weighted by Crippen LogP contribution is -2.25. The maximum absolute atomic E-state index is 11.4. The van der Waals surface area contributed by atoms with Crippen LogP contribution in [0, 0.1) is 5.41 Å². The van der Waals surface area contributed by atoms with Crippen LogP contribution in [0.25, 0.3) is 11.1 Å². The molecule has 1 amide bonds. The highest BCUT2D eigenvalue weighted by atomic mass is 16.6. The lowest BCUT2D eigenvalue weighted by atomic mass is 9.87. The van der Waals surface area contributed by atoms with E-state index in [-0.39, 0.29) is 11.5 Å². The van der Waals surface area contributed by atoms with E-state index in [1.807, 2.05) is 6.07 Å². The number of hydrogen-bond donors (Lipinski definition) is 1. The Morgan fingerprint density at radius 2 is 1.93 bits per heavy atom. The fraction of sp³-hybridized carbons (Fsp3) is 0.435. The summed E-state index contributed by atoms with van der Waals surface area (Å²) in [5.41, 5.74) is 10.8. The van der Waals surface area contributed by atoms with E-state index in [4.69, 9.17) is 15.2 Å². The summed E-state index contributed by atoms with van der Waals surface area (Å²) in [6, 6.07) is 12.9. The molecular formula is C23H29NO3.